The molecule has 1 aliphatic heterocycles. The van der Waals surface area contributed by atoms with Crippen LogP contribution in [0.3, 0.4) is 0 Å². The van der Waals surface area contributed by atoms with Crippen molar-refractivity contribution in [3.8, 4) is 11.5 Å². The SMILES string of the molecule is CC(C)(C)OC(=O)NCCC(=O)OCC(=O)Nc1ccc2c(c1)OCCO2. The molecule has 0 bridgehead atoms. The van der Waals surface area contributed by atoms with Crippen LogP contribution >= 0.6 is 0 Å². The van der Waals surface area contributed by atoms with Gasteiger partial charge in [0.15, 0.2) is 18.1 Å². The highest BCUT2D eigenvalue weighted by Gasteiger charge is 2.16. The van der Waals surface area contributed by atoms with Crippen molar-refractivity contribution in [3.05, 3.63) is 18.2 Å². The van der Waals surface area contributed by atoms with Gasteiger partial charge in [-0.15, -0.1) is 0 Å². The van der Waals surface area contributed by atoms with Crippen molar-refractivity contribution in [1.29, 1.82) is 0 Å². The first kappa shape index (κ1) is 20.3. The number of esters is 1. The molecular weight excluding hydrogens is 356 g/mol. The number of hydrogen-bond acceptors (Lipinski definition) is 7. The molecule has 2 rings (SSSR count). The first-order chi connectivity index (χ1) is 12.7. The molecule has 1 aromatic carbocycles. The van der Waals surface area contributed by atoms with E-state index in [9.17, 15) is 14.4 Å². The highest BCUT2D eigenvalue weighted by molar-refractivity contribution is 5.93. The van der Waals surface area contributed by atoms with Crippen molar-refractivity contribution in [3.63, 3.8) is 0 Å². The first-order valence-electron chi connectivity index (χ1n) is 8.55. The molecule has 0 saturated carbocycles. The average molecular weight is 380 g/mol. The Morgan fingerprint density at radius 3 is 2.52 bits per heavy atom. The largest absolute Gasteiger partial charge is 0.486 e. The molecule has 1 aliphatic rings. The smallest absolute Gasteiger partial charge is 0.407 e. The molecule has 0 atom stereocenters. The lowest BCUT2D eigenvalue weighted by molar-refractivity contribution is -0.147. The van der Waals surface area contributed by atoms with Crippen LogP contribution < -0.4 is 20.1 Å². The molecule has 9 heteroatoms. The summed E-state index contributed by atoms with van der Waals surface area (Å²) in [6.45, 7) is 5.76. The maximum atomic E-state index is 11.9. The van der Waals surface area contributed by atoms with Gasteiger partial charge in [-0.2, -0.15) is 0 Å². The Balaban J connectivity index is 1.66. The van der Waals surface area contributed by atoms with Crippen molar-refractivity contribution in [1.82, 2.24) is 5.32 Å². The summed E-state index contributed by atoms with van der Waals surface area (Å²) in [6, 6.07) is 5.00. The molecule has 0 aliphatic carbocycles. The minimum absolute atomic E-state index is 0.0531. The summed E-state index contributed by atoms with van der Waals surface area (Å²) in [6.07, 6.45) is -0.692. The van der Waals surface area contributed by atoms with Gasteiger partial charge < -0.3 is 29.6 Å². The number of anilines is 1. The molecule has 2 N–H and O–H groups in total. The van der Waals surface area contributed by atoms with Crippen molar-refractivity contribution in [2.75, 3.05) is 31.7 Å². The predicted octanol–water partition coefficient (Wildman–Crippen LogP) is 1.85. The van der Waals surface area contributed by atoms with E-state index in [1.807, 2.05) is 0 Å². The Morgan fingerprint density at radius 2 is 1.81 bits per heavy atom. The van der Waals surface area contributed by atoms with Crippen molar-refractivity contribution in [2.24, 2.45) is 0 Å². The van der Waals surface area contributed by atoms with Crippen LogP contribution in [0.15, 0.2) is 18.2 Å². The average Bonchev–Trinajstić information content (AvgIpc) is 2.58. The van der Waals surface area contributed by atoms with Crippen LogP contribution in [0.5, 0.6) is 11.5 Å². The molecule has 2 amide bonds. The van der Waals surface area contributed by atoms with E-state index in [4.69, 9.17) is 18.9 Å². The van der Waals surface area contributed by atoms with E-state index < -0.39 is 30.2 Å². The maximum Gasteiger partial charge on any atom is 0.407 e. The Morgan fingerprint density at radius 1 is 1.11 bits per heavy atom. The number of fused-ring (bicyclic) bond motifs is 1. The van der Waals surface area contributed by atoms with Gasteiger partial charge in [-0.3, -0.25) is 9.59 Å². The fourth-order valence-electron chi connectivity index (χ4n) is 2.12. The zero-order valence-corrected chi connectivity index (χ0v) is 15.6. The first-order valence-corrected chi connectivity index (χ1v) is 8.55. The normalized spacial score (nSPS) is 12.7. The third-order valence-corrected chi connectivity index (χ3v) is 3.19. The van der Waals surface area contributed by atoms with Crippen molar-refractivity contribution in [2.45, 2.75) is 32.8 Å². The highest BCUT2D eigenvalue weighted by Crippen LogP contribution is 2.32. The van der Waals surface area contributed by atoms with Crippen molar-refractivity contribution >= 4 is 23.7 Å². The molecule has 0 fully saturated rings. The third-order valence-electron chi connectivity index (χ3n) is 3.19. The Bertz CT molecular complexity index is 697. The quantitative estimate of drug-likeness (QED) is 0.724. The molecule has 0 spiro atoms. The number of ether oxygens (including phenoxy) is 4. The minimum atomic E-state index is -0.619. The number of carbonyl (C=O) groups excluding carboxylic acids is 3. The van der Waals surface area contributed by atoms with Crippen LogP contribution in [0.1, 0.15) is 27.2 Å². The van der Waals surface area contributed by atoms with E-state index in [0.717, 1.165) is 0 Å². The lowest BCUT2D eigenvalue weighted by Crippen LogP contribution is -2.34. The second-order valence-electron chi connectivity index (χ2n) is 6.75. The Labute approximate surface area is 157 Å². The number of rotatable bonds is 6. The fraction of sp³-hybridized carbons (Fsp3) is 0.500. The third kappa shape index (κ3) is 7.43. The zero-order valence-electron chi connectivity index (χ0n) is 15.6. The summed E-state index contributed by atoms with van der Waals surface area (Å²) in [5, 5.41) is 5.04. The number of carbonyl (C=O) groups is 3. The Kier molecular flexibility index (Phi) is 6.86. The fourth-order valence-corrected chi connectivity index (χ4v) is 2.12. The van der Waals surface area contributed by atoms with E-state index in [-0.39, 0.29) is 13.0 Å². The van der Waals surface area contributed by atoms with Crippen LogP contribution in [0.2, 0.25) is 0 Å². The van der Waals surface area contributed by atoms with E-state index in [1.54, 1.807) is 39.0 Å². The van der Waals surface area contributed by atoms with Gasteiger partial charge >= 0.3 is 12.1 Å². The highest BCUT2D eigenvalue weighted by atomic mass is 16.6. The molecular formula is C18H24N2O7. The van der Waals surface area contributed by atoms with E-state index in [0.29, 0.717) is 30.4 Å². The molecule has 0 saturated heterocycles. The van der Waals surface area contributed by atoms with Crippen molar-refractivity contribution < 1.29 is 33.3 Å². The summed E-state index contributed by atoms with van der Waals surface area (Å²) < 4.78 is 20.7. The number of alkyl carbamates (subject to hydrolysis) is 1. The maximum absolute atomic E-state index is 11.9. The molecule has 0 unspecified atom stereocenters. The summed E-state index contributed by atoms with van der Waals surface area (Å²) in [5.74, 6) is 0.0657. The van der Waals surface area contributed by atoms with Crippen LogP contribution in [-0.4, -0.2) is 49.9 Å². The standard InChI is InChI=1S/C18H24N2O7/c1-18(2,3)27-17(23)19-7-6-16(22)26-11-15(21)20-12-4-5-13-14(10-12)25-9-8-24-13/h4-5,10H,6-9,11H2,1-3H3,(H,19,23)(H,20,21). The van der Waals surface area contributed by atoms with Gasteiger partial charge in [0.1, 0.15) is 18.8 Å². The second kappa shape index (κ2) is 9.11. The number of benzene rings is 1. The van der Waals surface area contributed by atoms with E-state index >= 15 is 0 Å². The minimum Gasteiger partial charge on any atom is -0.486 e. The van der Waals surface area contributed by atoms with Gasteiger partial charge in [0.25, 0.3) is 5.91 Å². The molecule has 1 aromatic rings. The van der Waals surface area contributed by atoms with Gasteiger partial charge in [0.2, 0.25) is 0 Å². The van der Waals surface area contributed by atoms with Gasteiger partial charge in [-0.05, 0) is 32.9 Å². The summed E-state index contributed by atoms with van der Waals surface area (Å²) in [7, 11) is 0. The van der Waals surface area contributed by atoms with Crippen LogP contribution in [-0.2, 0) is 19.1 Å². The van der Waals surface area contributed by atoms with Gasteiger partial charge in [-0.1, -0.05) is 0 Å². The number of amides is 2. The molecule has 148 valence electrons. The lowest BCUT2D eigenvalue weighted by Gasteiger charge is -2.19. The van der Waals surface area contributed by atoms with Gasteiger partial charge in [0, 0.05) is 18.3 Å². The number of nitrogens with one attached hydrogen (secondary N) is 2. The monoisotopic (exact) mass is 380 g/mol. The van der Waals surface area contributed by atoms with E-state index in [1.165, 1.54) is 0 Å². The molecule has 1 heterocycles. The van der Waals surface area contributed by atoms with Gasteiger partial charge in [-0.25, -0.2) is 4.79 Å². The van der Waals surface area contributed by atoms with Crippen LogP contribution in [0, 0.1) is 0 Å². The summed E-state index contributed by atoms with van der Waals surface area (Å²) >= 11 is 0. The van der Waals surface area contributed by atoms with Gasteiger partial charge in [0.05, 0.1) is 6.42 Å². The molecule has 0 aromatic heterocycles. The molecule has 9 nitrogen and oxygen atoms in total. The lowest BCUT2D eigenvalue weighted by atomic mass is 10.2. The zero-order chi connectivity index (χ0) is 19.9. The summed E-state index contributed by atoms with van der Waals surface area (Å²) in [4.78, 5) is 34.9. The number of hydrogen-bond donors (Lipinski definition) is 2. The molecule has 0 radical (unpaired) electrons. The second-order valence-corrected chi connectivity index (χ2v) is 6.75. The van der Waals surface area contributed by atoms with Crippen LogP contribution in [0.4, 0.5) is 10.5 Å². The topological polar surface area (TPSA) is 112 Å². The van der Waals surface area contributed by atoms with Crippen LogP contribution in [0.25, 0.3) is 0 Å². The summed E-state index contributed by atoms with van der Waals surface area (Å²) in [5.41, 5.74) is -0.108. The van der Waals surface area contributed by atoms with E-state index in [2.05, 4.69) is 10.6 Å². The Hall–Kier alpha value is -2.97. The predicted molar refractivity (Wildman–Crippen MR) is 95.9 cm³/mol. The molecule has 27 heavy (non-hydrogen) atoms.